The molecule has 332 valence electrons. The fraction of sp³-hybridized carbons (Fsp3) is 0.596. The molecule has 1 aliphatic carbocycles. The lowest BCUT2D eigenvalue weighted by Gasteiger charge is -2.46. The van der Waals surface area contributed by atoms with Crippen LogP contribution in [0.25, 0.3) is 0 Å². The van der Waals surface area contributed by atoms with E-state index in [1.54, 1.807) is 14.2 Å². The fourth-order valence-electron chi connectivity index (χ4n) is 8.47. The molecule has 3 aliphatic rings. The molecule has 0 unspecified atom stereocenters. The van der Waals surface area contributed by atoms with Crippen molar-refractivity contribution >= 4 is 42.5 Å². The van der Waals surface area contributed by atoms with Gasteiger partial charge in [-0.05, 0) is 108 Å². The molecule has 0 saturated carbocycles. The van der Waals surface area contributed by atoms with Crippen molar-refractivity contribution < 1.29 is 37.0 Å². The van der Waals surface area contributed by atoms with Crippen molar-refractivity contribution in [2.75, 3.05) is 27.4 Å². The van der Waals surface area contributed by atoms with Crippen molar-refractivity contribution in [1.82, 2.24) is 5.32 Å². The normalized spacial score (nSPS) is 21.0. The molecule has 0 radical (unpaired) electrons. The monoisotopic (exact) mass is 897 g/mol. The van der Waals surface area contributed by atoms with Gasteiger partial charge in [0.2, 0.25) is 5.91 Å². The molecule has 0 aromatic heterocycles. The van der Waals surface area contributed by atoms with Gasteiger partial charge in [-0.2, -0.15) is 0 Å². The summed E-state index contributed by atoms with van der Waals surface area (Å²) in [4.78, 5) is 13.8. The number of carbonyl (C=O) groups is 1. The number of benzene rings is 2. The van der Waals surface area contributed by atoms with Gasteiger partial charge in [0.1, 0.15) is 24.6 Å². The smallest absolute Gasteiger partial charge is 0.223 e. The van der Waals surface area contributed by atoms with Crippen LogP contribution in [0.5, 0.6) is 17.2 Å². The first-order valence-electron chi connectivity index (χ1n) is 22.4. The summed E-state index contributed by atoms with van der Waals surface area (Å²) in [7, 11) is -3.43. The third-order valence-electron chi connectivity index (χ3n) is 13.4. The van der Waals surface area contributed by atoms with Gasteiger partial charge in [0.05, 0.1) is 37.9 Å². The van der Waals surface area contributed by atoms with Crippen LogP contribution in [-0.4, -0.2) is 69.9 Å². The van der Waals surface area contributed by atoms with Crippen LogP contribution >= 0.6 is 11.6 Å². The third kappa shape index (κ3) is 11.7. The van der Waals surface area contributed by atoms with E-state index in [4.69, 9.17) is 43.8 Å². The van der Waals surface area contributed by atoms with E-state index in [-0.39, 0.29) is 38.2 Å². The average molecular weight is 899 g/mol. The number of methoxy groups -OCH3 is 2. The Morgan fingerprint density at radius 3 is 1.95 bits per heavy atom. The second-order valence-corrected chi connectivity index (χ2v) is 30.6. The van der Waals surface area contributed by atoms with Gasteiger partial charge in [-0.15, -0.1) is 0 Å². The second-order valence-electron chi connectivity index (χ2n) is 16.1. The van der Waals surface area contributed by atoms with Crippen molar-refractivity contribution in [1.29, 1.82) is 0 Å². The Morgan fingerprint density at radius 2 is 1.38 bits per heavy atom. The summed E-state index contributed by atoms with van der Waals surface area (Å²) < 4.78 is 47.0. The highest BCUT2D eigenvalue weighted by Gasteiger charge is 2.54. The molecule has 2 aromatic carbocycles. The lowest BCUT2D eigenvalue weighted by atomic mass is 9.94. The van der Waals surface area contributed by atoms with Crippen molar-refractivity contribution in [2.45, 2.75) is 154 Å². The predicted molar refractivity (Wildman–Crippen MR) is 252 cm³/mol. The lowest BCUT2D eigenvalue weighted by molar-refractivity contribution is -0.122. The van der Waals surface area contributed by atoms with Gasteiger partial charge in [-0.1, -0.05) is 98.0 Å². The molecule has 0 spiro atoms. The van der Waals surface area contributed by atoms with Crippen molar-refractivity contribution in [3.8, 4) is 29.1 Å². The van der Waals surface area contributed by atoms with Crippen LogP contribution in [0.1, 0.15) is 92.4 Å². The minimum atomic E-state index is -2.35. The van der Waals surface area contributed by atoms with E-state index >= 15 is 0 Å². The Kier molecular flexibility index (Phi) is 18.9. The maximum Gasteiger partial charge on any atom is 0.223 e. The molecular formula is C47H72ClNO8Si3. The number of allylic oxidation sites excluding steroid dienone is 1. The summed E-state index contributed by atoms with van der Waals surface area (Å²) in [6, 6.07) is 20.1. The van der Waals surface area contributed by atoms with Gasteiger partial charge in [0, 0.05) is 12.1 Å². The first-order valence-corrected chi connectivity index (χ1v) is 30.3. The second kappa shape index (κ2) is 22.9. The minimum Gasteiger partial charge on any atom is -0.497 e. The zero-order valence-corrected chi connectivity index (χ0v) is 42.1. The van der Waals surface area contributed by atoms with Crippen molar-refractivity contribution in [3.63, 3.8) is 0 Å². The van der Waals surface area contributed by atoms with E-state index < -0.39 is 36.7 Å². The molecule has 1 amide bonds. The number of hydrogen-bond acceptors (Lipinski definition) is 8. The van der Waals surface area contributed by atoms with Gasteiger partial charge >= 0.3 is 0 Å². The van der Waals surface area contributed by atoms with Crippen molar-refractivity contribution in [2.24, 2.45) is 0 Å². The van der Waals surface area contributed by atoms with Gasteiger partial charge in [-0.3, -0.25) is 4.79 Å². The number of rotatable bonds is 20. The third-order valence-corrected chi connectivity index (χ3v) is 27.6. The molecule has 13 heteroatoms. The number of amides is 1. The molecule has 2 heterocycles. The molecule has 2 bridgehead atoms. The quantitative estimate of drug-likeness (QED) is 0.104. The average Bonchev–Trinajstić information content (AvgIpc) is 3.60. The Labute approximate surface area is 369 Å². The zero-order valence-electron chi connectivity index (χ0n) is 38.3. The first kappa shape index (κ1) is 49.6. The van der Waals surface area contributed by atoms with Gasteiger partial charge in [0.25, 0.3) is 0 Å². The summed E-state index contributed by atoms with van der Waals surface area (Å²) in [5.41, 5.74) is 1.50. The highest BCUT2D eigenvalue weighted by Crippen LogP contribution is 2.46. The molecule has 9 nitrogen and oxygen atoms in total. The molecule has 0 saturated heterocycles. The highest BCUT2D eigenvalue weighted by molar-refractivity contribution is 6.74. The maximum absolute atomic E-state index is 13.8. The molecular weight excluding hydrogens is 826 g/mol. The van der Waals surface area contributed by atoms with E-state index in [1.165, 1.54) is 0 Å². The first-order chi connectivity index (χ1) is 28.8. The minimum absolute atomic E-state index is 0.106. The van der Waals surface area contributed by atoms with E-state index in [1.807, 2.05) is 42.5 Å². The lowest BCUT2D eigenvalue weighted by Crippen LogP contribution is -2.59. The predicted octanol–water partition coefficient (Wildman–Crippen LogP) is 11.9. The molecule has 5 rings (SSSR count). The van der Waals surface area contributed by atoms with Crippen LogP contribution in [0.2, 0.25) is 59.4 Å². The van der Waals surface area contributed by atoms with Crippen LogP contribution in [0.3, 0.4) is 0 Å². The van der Waals surface area contributed by atoms with Crippen LogP contribution in [0.15, 0.2) is 59.9 Å². The number of hydrogen-bond donors (Lipinski definition) is 1. The van der Waals surface area contributed by atoms with Gasteiger partial charge < -0.3 is 37.5 Å². The number of carbonyl (C=O) groups excluding carboxylic acids is 1. The van der Waals surface area contributed by atoms with Gasteiger partial charge in [-0.25, -0.2) is 0 Å². The summed E-state index contributed by atoms with van der Waals surface area (Å²) in [6.45, 7) is 20.6. The number of halogens is 1. The van der Waals surface area contributed by atoms with E-state index in [0.29, 0.717) is 28.7 Å². The topological polar surface area (TPSA) is 93.7 Å². The number of nitrogens with one attached hydrogen (secondary N) is 1. The fourth-order valence-corrected chi connectivity index (χ4v) is 17.5. The number of fused-ring (bicyclic) bond motifs is 9. The van der Waals surface area contributed by atoms with Crippen LogP contribution in [0.4, 0.5) is 0 Å². The molecule has 1 N–H and O–H groups in total. The summed E-state index contributed by atoms with van der Waals surface area (Å²) >= 11 is 7.23. The molecule has 60 heavy (non-hydrogen) atoms. The molecule has 2 aliphatic heterocycles. The molecule has 0 fully saturated rings. The zero-order chi connectivity index (χ0) is 44.0. The SMILES string of the molecule is CC[Si](CC)(CC)O[C@@H]1CC(=O)NC/C=C(/OCc2ccc(OC)cc2)C#CC2=CC[C@@H](O[Si](CC)(CC)CC)[C@]2(O[Si](CC)(CC)CC)COc2c(Cl)cc1cc2OC. The molecule has 2 aromatic rings. The van der Waals surface area contributed by atoms with Crippen LogP contribution in [-0.2, 0) is 29.4 Å². The Morgan fingerprint density at radius 1 is 0.783 bits per heavy atom. The summed E-state index contributed by atoms with van der Waals surface area (Å²) in [6.07, 6.45) is 3.89. The van der Waals surface area contributed by atoms with Crippen LogP contribution in [0, 0.1) is 11.8 Å². The largest absolute Gasteiger partial charge is 0.497 e. The number of ether oxygens (including phenoxy) is 4. The highest BCUT2D eigenvalue weighted by atomic mass is 35.5. The Hall–Kier alpha value is -3.03. The standard InChI is InChI=1S/C47H72ClNO8Si3/c1-12-58(13-2,14-3)55-42-33-45(50)49-30-29-40(53-34-36-21-25-39(51-10)26-22-36)27-23-38-24-28-44(56-59(15-4,16-5)17-6)47(38,57-60(18-7,19-8)20-9)35-54-46-41(48)31-37(42)32-43(46)52-11/h21-22,24-26,29,31-32,42,44H,12-20,28,30,33-35H2,1-11H3,(H,49,50)/b40-29+/t42-,44-,47+/m1/s1. The van der Waals surface area contributed by atoms with E-state index in [2.05, 4.69) is 85.5 Å². The summed E-state index contributed by atoms with van der Waals surface area (Å²) in [5, 5.41) is 3.48. The van der Waals surface area contributed by atoms with Gasteiger partial charge in [0.15, 0.2) is 42.2 Å². The van der Waals surface area contributed by atoms with Crippen molar-refractivity contribution in [3.05, 3.63) is 76.0 Å². The van der Waals surface area contributed by atoms with Crippen LogP contribution < -0.4 is 19.5 Å². The van der Waals surface area contributed by atoms with E-state index in [9.17, 15) is 4.79 Å². The molecule has 3 atom stereocenters. The Balaban J connectivity index is 1.96. The maximum atomic E-state index is 13.8. The summed E-state index contributed by atoms with van der Waals surface area (Å²) in [5.74, 6) is 8.86. The Bertz CT molecular complexity index is 1810. The van der Waals surface area contributed by atoms with E-state index in [0.717, 1.165) is 76.8 Å².